The van der Waals surface area contributed by atoms with Gasteiger partial charge in [-0.2, -0.15) is 0 Å². The minimum atomic E-state index is -0.0141. The van der Waals surface area contributed by atoms with E-state index in [2.05, 4.69) is 20.9 Å². The number of nitrogen functional groups attached to an aromatic ring is 1. The van der Waals surface area contributed by atoms with E-state index in [9.17, 15) is 4.79 Å². The molecule has 0 aliphatic rings. The molecule has 0 saturated carbocycles. The molecule has 2 rings (SSSR count). The average Bonchev–Trinajstić information content (AvgIpc) is 2.48. The number of aromatic nitrogens is 1. The van der Waals surface area contributed by atoms with Gasteiger partial charge >= 0.3 is 0 Å². The molecule has 1 heterocycles. The lowest BCUT2D eigenvalue weighted by molar-refractivity contribution is 0.0796. The van der Waals surface area contributed by atoms with Crippen molar-refractivity contribution in [3.8, 4) is 0 Å². The van der Waals surface area contributed by atoms with Crippen LogP contribution in [0.1, 0.15) is 15.9 Å². The van der Waals surface area contributed by atoms with Gasteiger partial charge in [-0.05, 0) is 58.2 Å². The number of amides is 1. The van der Waals surface area contributed by atoms with Gasteiger partial charge in [0.1, 0.15) is 0 Å². The van der Waals surface area contributed by atoms with Crippen molar-refractivity contribution in [2.75, 3.05) is 19.3 Å². The van der Waals surface area contributed by atoms with Crippen LogP contribution in [0.5, 0.6) is 0 Å². The van der Waals surface area contributed by atoms with Crippen LogP contribution in [0.4, 0.5) is 5.69 Å². The lowest BCUT2D eigenvalue weighted by Gasteiger charge is -2.17. The van der Waals surface area contributed by atoms with E-state index >= 15 is 0 Å². The van der Waals surface area contributed by atoms with Crippen molar-refractivity contribution in [1.29, 1.82) is 0 Å². The van der Waals surface area contributed by atoms with Gasteiger partial charge in [0.15, 0.2) is 0 Å². The van der Waals surface area contributed by atoms with E-state index in [0.717, 1.165) is 16.5 Å². The van der Waals surface area contributed by atoms with Crippen LogP contribution in [0, 0.1) is 0 Å². The topological polar surface area (TPSA) is 59.2 Å². The van der Waals surface area contributed by atoms with Gasteiger partial charge in [0.05, 0.1) is 0 Å². The summed E-state index contributed by atoms with van der Waals surface area (Å²) in [5.41, 5.74) is 8.14. The predicted molar refractivity (Wildman–Crippen MR) is 83.5 cm³/mol. The van der Waals surface area contributed by atoms with E-state index in [1.54, 1.807) is 42.5 Å². The Labute approximate surface area is 126 Å². The average molecular weight is 334 g/mol. The smallest absolute Gasteiger partial charge is 0.253 e. The molecule has 1 aromatic heterocycles. The van der Waals surface area contributed by atoms with E-state index in [0.29, 0.717) is 17.8 Å². The molecular weight excluding hydrogens is 318 g/mol. The minimum Gasteiger partial charge on any atom is -0.398 e. The molecular formula is C15H16BrN3O. The lowest BCUT2D eigenvalue weighted by atomic mass is 10.1. The van der Waals surface area contributed by atoms with E-state index in [1.807, 2.05) is 12.1 Å². The number of rotatable bonds is 4. The van der Waals surface area contributed by atoms with Crippen LogP contribution in [0.2, 0.25) is 0 Å². The third kappa shape index (κ3) is 3.57. The molecule has 0 unspecified atom stereocenters. The molecule has 0 fully saturated rings. The summed E-state index contributed by atoms with van der Waals surface area (Å²) in [5.74, 6) is -0.0141. The van der Waals surface area contributed by atoms with Crippen molar-refractivity contribution in [2.24, 2.45) is 0 Å². The van der Waals surface area contributed by atoms with Crippen molar-refractivity contribution in [1.82, 2.24) is 9.88 Å². The van der Waals surface area contributed by atoms with Gasteiger partial charge in [0.2, 0.25) is 0 Å². The normalized spacial score (nSPS) is 10.3. The molecule has 0 spiro atoms. The zero-order valence-electron chi connectivity index (χ0n) is 11.2. The highest BCUT2D eigenvalue weighted by Crippen LogP contribution is 2.21. The number of halogens is 1. The van der Waals surface area contributed by atoms with Crippen LogP contribution in [-0.4, -0.2) is 29.4 Å². The number of benzene rings is 1. The maximum Gasteiger partial charge on any atom is 0.253 e. The van der Waals surface area contributed by atoms with Crippen LogP contribution in [-0.2, 0) is 6.42 Å². The molecule has 1 aromatic carbocycles. The first-order chi connectivity index (χ1) is 9.58. The van der Waals surface area contributed by atoms with Gasteiger partial charge in [0, 0.05) is 41.7 Å². The van der Waals surface area contributed by atoms with E-state index in [1.165, 1.54) is 0 Å². The fourth-order valence-corrected chi connectivity index (χ4v) is 2.21. The second kappa shape index (κ2) is 6.52. The van der Waals surface area contributed by atoms with Crippen LogP contribution < -0.4 is 5.73 Å². The second-order valence-electron chi connectivity index (χ2n) is 4.57. The molecule has 104 valence electrons. The quantitative estimate of drug-likeness (QED) is 0.875. The van der Waals surface area contributed by atoms with E-state index in [4.69, 9.17) is 5.73 Å². The fourth-order valence-electron chi connectivity index (χ4n) is 1.83. The lowest BCUT2D eigenvalue weighted by Crippen LogP contribution is -2.28. The summed E-state index contributed by atoms with van der Waals surface area (Å²) in [7, 11) is 1.80. The van der Waals surface area contributed by atoms with Gasteiger partial charge in [-0.25, -0.2) is 0 Å². The van der Waals surface area contributed by atoms with Crippen LogP contribution >= 0.6 is 15.9 Å². The Morgan fingerprint density at radius 3 is 2.65 bits per heavy atom. The molecule has 0 aliphatic heterocycles. The zero-order valence-corrected chi connectivity index (χ0v) is 12.8. The number of anilines is 1. The molecule has 0 saturated heterocycles. The summed E-state index contributed by atoms with van der Waals surface area (Å²) in [6, 6.07) is 9.14. The third-order valence-electron chi connectivity index (χ3n) is 3.08. The first-order valence-electron chi connectivity index (χ1n) is 6.27. The molecule has 1 amide bonds. The summed E-state index contributed by atoms with van der Waals surface area (Å²) in [4.78, 5) is 18.0. The Hall–Kier alpha value is -1.88. The standard InChI is InChI=1S/C15H16BrN3O/c1-19(9-6-11-4-7-18-8-5-11)15(20)12-2-3-14(17)13(16)10-12/h2-5,7-8,10H,6,9,17H2,1H3. The molecule has 2 aromatic rings. The van der Waals surface area contributed by atoms with Gasteiger partial charge in [-0.15, -0.1) is 0 Å². The molecule has 4 nitrogen and oxygen atoms in total. The maximum absolute atomic E-state index is 12.3. The highest BCUT2D eigenvalue weighted by molar-refractivity contribution is 9.10. The molecule has 0 bridgehead atoms. The first kappa shape index (κ1) is 14.5. The first-order valence-corrected chi connectivity index (χ1v) is 7.06. The van der Waals surface area contributed by atoms with Crippen molar-refractivity contribution in [3.05, 3.63) is 58.3 Å². The number of nitrogens with two attached hydrogens (primary N) is 1. The summed E-state index contributed by atoms with van der Waals surface area (Å²) in [6.45, 7) is 0.658. The van der Waals surface area contributed by atoms with Crippen molar-refractivity contribution in [3.63, 3.8) is 0 Å². The Morgan fingerprint density at radius 1 is 1.30 bits per heavy atom. The highest BCUT2D eigenvalue weighted by Gasteiger charge is 2.12. The predicted octanol–water partition coefficient (Wildman–Crippen LogP) is 2.74. The van der Waals surface area contributed by atoms with Crippen LogP contribution in [0.3, 0.4) is 0 Å². The molecule has 0 radical (unpaired) electrons. The number of hydrogen-bond acceptors (Lipinski definition) is 3. The Bertz CT molecular complexity index is 601. The Kier molecular flexibility index (Phi) is 4.74. The SMILES string of the molecule is CN(CCc1ccncc1)C(=O)c1ccc(N)c(Br)c1. The molecule has 5 heteroatoms. The van der Waals surface area contributed by atoms with Gasteiger partial charge in [-0.1, -0.05) is 0 Å². The number of carbonyl (C=O) groups is 1. The van der Waals surface area contributed by atoms with Crippen LogP contribution in [0.15, 0.2) is 47.2 Å². The number of hydrogen-bond donors (Lipinski definition) is 1. The molecule has 20 heavy (non-hydrogen) atoms. The maximum atomic E-state index is 12.3. The number of pyridine rings is 1. The third-order valence-corrected chi connectivity index (χ3v) is 3.77. The van der Waals surface area contributed by atoms with Crippen LogP contribution in [0.25, 0.3) is 0 Å². The van der Waals surface area contributed by atoms with Gasteiger partial charge < -0.3 is 10.6 Å². The Morgan fingerprint density at radius 2 is 2.00 bits per heavy atom. The number of nitrogens with zero attached hydrogens (tertiary/aromatic N) is 2. The highest BCUT2D eigenvalue weighted by atomic mass is 79.9. The molecule has 2 N–H and O–H groups in total. The summed E-state index contributed by atoms with van der Waals surface area (Å²) < 4.78 is 0.742. The zero-order chi connectivity index (χ0) is 14.5. The summed E-state index contributed by atoms with van der Waals surface area (Å²) in [6.07, 6.45) is 4.32. The fraction of sp³-hybridized carbons (Fsp3) is 0.200. The summed E-state index contributed by atoms with van der Waals surface area (Å²) >= 11 is 3.34. The summed E-state index contributed by atoms with van der Waals surface area (Å²) in [5, 5.41) is 0. The van der Waals surface area contributed by atoms with E-state index < -0.39 is 0 Å². The van der Waals surface area contributed by atoms with Crippen molar-refractivity contribution in [2.45, 2.75) is 6.42 Å². The van der Waals surface area contributed by atoms with Gasteiger partial charge in [-0.3, -0.25) is 9.78 Å². The van der Waals surface area contributed by atoms with Crippen molar-refractivity contribution < 1.29 is 4.79 Å². The molecule has 0 aliphatic carbocycles. The number of carbonyl (C=O) groups excluding carboxylic acids is 1. The number of likely N-dealkylation sites (N-methyl/N-ethyl adjacent to an activating group) is 1. The van der Waals surface area contributed by atoms with Crippen molar-refractivity contribution >= 4 is 27.5 Å². The minimum absolute atomic E-state index is 0.0141. The van der Waals surface area contributed by atoms with E-state index in [-0.39, 0.29) is 5.91 Å². The molecule has 0 atom stereocenters. The van der Waals surface area contributed by atoms with Gasteiger partial charge in [0.25, 0.3) is 5.91 Å². The Balaban J connectivity index is 1.99. The monoisotopic (exact) mass is 333 g/mol. The largest absolute Gasteiger partial charge is 0.398 e. The second-order valence-corrected chi connectivity index (χ2v) is 5.42.